The smallest absolute Gasteiger partial charge is 0.239 e. The Hall–Kier alpha value is -1.87. The van der Waals surface area contributed by atoms with Crippen LogP contribution in [0.5, 0.6) is 0 Å². The SMILES string of the molecule is Cc1ccc(C#N)cc1NC(=O)CS(C)(=O)=O. The number of carbonyl (C=O) groups is 1. The predicted octanol–water partition coefficient (Wildman–Crippen LogP) is 0.850. The molecule has 0 atom stereocenters. The first-order chi connectivity index (χ1) is 7.81. The van der Waals surface area contributed by atoms with Crippen LogP contribution in [0.25, 0.3) is 0 Å². The van der Waals surface area contributed by atoms with Gasteiger partial charge in [0.25, 0.3) is 0 Å². The van der Waals surface area contributed by atoms with E-state index in [0.29, 0.717) is 11.3 Å². The average molecular weight is 252 g/mol. The van der Waals surface area contributed by atoms with Crippen LogP contribution in [-0.2, 0) is 14.6 Å². The number of hydrogen-bond acceptors (Lipinski definition) is 4. The van der Waals surface area contributed by atoms with Crippen molar-refractivity contribution in [1.29, 1.82) is 5.26 Å². The highest BCUT2D eigenvalue weighted by Gasteiger charge is 2.12. The molecule has 1 aromatic carbocycles. The summed E-state index contributed by atoms with van der Waals surface area (Å²) in [7, 11) is -3.35. The molecule has 17 heavy (non-hydrogen) atoms. The molecule has 0 saturated heterocycles. The van der Waals surface area contributed by atoms with Crippen molar-refractivity contribution in [2.24, 2.45) is 0 Å². The maximum absolute atomic E-state index is 11.4. The number of hydrogen-bond donors (Lipinski definition) is 1. The Bertz CT molecular complexity index is 585. The third-order valence-corrected chi connectivity index (χ3v) is 2.82. The molecule has 0 heterocycles. The molecule has 1 aromatic rings. The fraction of sp³-hybridized carbons (Fsp3) is 0.273. The molecular weight excluding hydrogens is 240 g/mol. The molecule has 1 amide bonds. The number of nitrogens with zero attached hydrogens (tertiary/aromatic N) is 1. The van der Waals surface area contributed by atoms with Gasteiger partial charge < -0.3 is 5.32 Å². The summed E-state index contributed by atoms with van der Waals surface area (Å²) in [6, 6.07) is 6.77. The van der Waals surface area contributed by atoms with Crippen LogP contribution in [0.1, 0.15) is 11.1 Å². The van der Waals surface area contributed by atoms with E-state index in [1.165, 1.54) is 6.07 Å². The van der Waals surface area contributed by atoms with Gasteiger partial charge in [0.05, 0.1) is 11.6 Å². The van der Waals surface area contributed by atoms with E-state index in [1.54, 1.807) is 19.1 Å². The highest BCUT2D eigenvalue weighted by Crippen LogP contribution is 2.16. The van der Waals surface area contributed by atoms with Crippen molar-refractivity contribution in [3.05, 3.63) is 29.3 Å². The van der Waals surface area contributed by atoms with Gasteiger partial charge in [-0.15, -0.1) is 0 Å². The summed E-state index contributed by atoms with van der Waals surface area (Å²) in [6.07, 6.45) is 0.991. The first-order valence-corrected chi connectivity index (χ1v) is 6.86. The van der Waals surface area contributed by atoms with Gasteiger partial charge in [0, 0.05) is 11.9 Å². The lowest BCUT2D eigenvalue weighted by molar-refractivity contribution is -0.113. The number of rotatable bonds is 3. The Morgan fingerprint density at radius 1 is 1.47 bits per heavy atom. The molecule has 0 radical (unpaired) electrons. The summed E-state index contributed by atoms with van der Waals surface area (Å²) >= 11 is 0. The molecule has 1 rings (SSSR count). The van der Waals surface area contributed by atoms with Gasteiger partial charge in [0.2, 0.25) is 5.91 Å². The van der Waals surface area contributed by atoms with Crippen molar-refractivity contribution in [1.82, 2.24) is 0 Å². The molecule has 0 spiro atoms. The summed E-state index contributed by atoms with van der Waals surface area (Å²) in [6.45, 7) is 1.76. The Labute approximate surface area is 100.0 Å². The molecule has 0 saturated carbocycles. The number of sulfone groups is 1. The molecule has 0 fully saturated rings. The fourth-order valence-corrected chi connectivity index (χ4v) is 1.80. The van der Waals surface area contributed by atoms with E-state index in [9.17, 15) is 13.2 Å². The van der Waals surface area contributed by atoms with E-state index in [4.69, 9.17) is 5.26 Å². The Balaban J connectivity index is 2.89. The second-order valence-electron chi connectivity index (χ2n) is 3.76. The highest BCUT2D eigenvalue weighted by molar-refractivity contribution is 7.91. The van der Waals surface area contributed by atoms with Gasteiger partial charge in [-0.2, -0.15) is 5.26 Å². The van der Waals surface area contributed by atoms with E-state index in [2.05, 4.69) is 5.32 Å². The number of carbonyl (C=O) groups excluding carboxylic acids is 1. The predicted molar refractivity (Wildman–Crippen MR) is 64.2 cm³/mol. The van der Waals surface area contributed by atoms with Crippen molar-refractivity contribution in [3.8, 4) is 6.07 Å². The summed E-state index contributed by atoms with van der Waals surface area (Å²) < 4.78 is 21.9. The summed E-state index contributed by atoms with van der Waals surface area (Å²) in [5.74, 6) is -1.17. The van der Waals surface area contributed by atoms with Crippen LogP contribution in [0.15, 0.2) is 18.2 Å². The highest BCUT2D eigenvalue weighted by atomic mass is 32.2. The molecule has 90 valence electrons. The minimum atomic E-state index is -3.35. The first-order valence-electron chi connectivity index (χ1n) is 4.80. The summed E-state index contributed by atoms with van der Waals surface area (Å²) in [4.78, 5) is 11.4. The van der Waals surface area contributed by atoms with Crippen LogP contribution in [-0.4, -0.2) is 26.3 Å². The number of nitriles is 1. The van der Waals surface area contributed by atoms with Crippen molar-refractivity contribution < 1.29 is 13.2 Å². The largest absolute Gasteiger partial charge is 0.325 e. The summed E-state index contributed by atoms with van der Waals surface area (Å²) in [5.41, 5.74) is 1.63. The maximum atomic E-state index is 11.4. The second kappa shape index (κ2) is 4.97. The van der Waals surface area contributed by atoms with Crippen molar-refractivity contribution >= 4 is 21.4 Å². The lowest BCUT2D eigenvalue weighted by Crippen LogP contribution is -2.22. The zero-order valence-electron chi connectivity index (χ0n) is 9.52. The average Bonchev–Trinajstić information content (AvgIpc) is 2.18. The zero-order valence-corrected chi connectivity index (χ0v) is 10.3. The normalized spacial score (nSPS) is 10.6. The van der Waals surface area contributed by atoms with Crippen LogP contribution in [0.4, 0.5) is 5.69 Å². The Kier molecular flexibility index (Phi) is 3.86. The standard InChI is InChI=1S/C11H12N2O3S/c1-8-3-4-9(6-12)5-10(8)13-11(14)7-17(2,15)16/h3-5H,7H2,1-2H3,(H,13,14). The molecular formula is C11H12N2O3S. The molecule has 0 aliphatic carbocycles. The molecule has 0 aromatic heterocycles. The number of amides is 1. The summed E-state index contributed by atoms with van der Waals surface area (Å²) in [5, 5.41) is 11.2. The topological polar surface area (TPSA) is 87.0 Å². The van der Waals surface area contributed by atoms with Gasteiger partial charge in [0.15, 0.2) is 9.84 Å². The molecule has 0 unspecified atom stereocenters. The number of anilines is 1. The van der Waals surface area contributed by atoms with Crippen LogP contribution in [0.3, 0.4) is 0 Å². The van der Waals surface area contributed by atoms with Crippen LogP contribution in [0.2, 0.25) is 0 Å². The number of aryl methyl sites for hydroxylation is 1. The molecule has 5 nitrogen and oxygen atoms in total. The van der Waals surface area contributed by atoms with Crippen molar-refractivity contribution in [2.45, 2.75) is 6.92 Å². The Morgan fingerprint density at radius 2 is 2.12 bits per heavy atom. The van der Waals surface area contributed by atoms with Crippen LogP contribution < -0.4 is 5.32 Å². The van der Waals surface area contributed by atoms with Gasteiger partial charge in [-0.25, -0.2) is 8.42 Å². The molecule has 0 aliphatic heterocycles. The van der Waals surface area contributed by atoms with E-state index in [-0.39, 0.29) is 0 Å². The third kappa shape index (κ3) is 4.25. The third-order valence-electron chi connectivity index (χ3n) is 2.03. The van der Waals surface area contributed by atoms with Crippen molar-refractivity contribution in [3.63, 3.8) is 0 Å². The number of nitrogens with one attached hydrogen (secondary N) is 1. The van der Waals surface area contributed by atoms with Gasteiger partial charge >= 0.3 is 0 Å². The minimum absolute atomic E-state index is 0.408. The lowest BCUT2D eigenvalue weighted by Gasteiger charge is -2.07. The van der Waals surface area contributed by atoms with Gasteiger partial charge in [0.1, 0.15) is 5.75 Å². The van der Waals surface area contributed by atoms with Gasteiger partial charge in [-0.3, -0.25) is 4.79 Å². The number of benzene rings is 1. The van der Waals surface area contributed by atoms with Crippen LogP contribution in [0, 0.1) is 18.3 Å². The zero-order chi connectivity index (χ0) is 13.1. The van der Waals surface area contributed by atoms with E-state index in [0.717, 1.165) is 11.8 Å². The first kappa shape index (κ1) is 13.2. The van der Waals surface area contributed by atoms with Gasteiger partial charge in [-0.05, 0) is 24.6 Å². The Morgan fingerprint density at radius 3 is 2.65 bits per heavy atom. The van der Waals surface area contributed by atoms with Crippen molar-refractivity contribution in [2.75, 3.05) is 17.3 Å². The second-order valence-corrected chi connectivity index (χ2v) is 5.90. The van der Waals surface area contributed by atoms with E-state index >= 15 is 0 Å². The van der Waals surface area contributed by atoms with Gasteiger partial charge in [-0.1, -0.05) is 6.07 Å². The molecule has 6 heteroatoms. The monoisotopic (exact) mass is 252 g/mol. The lowest BCUT2D eigenvalue weighted by atomic mass is 10.1. The fourth-order valence-electron chi connectivity index (χ4n) is 1.25. The molecule has 0 bridgehead atoms. The minimum Gasteiger partial charge on any atom is -0.325 e. The van der Waals surface area contributed by atoms with E-state index < -0.39 is 21.5 Å². The van der Waals surface area contributed by atoms with E-state index in [1.807, 2.05) is 6.07 Å². The maximum Gasteiger partial charge on any atom is 0.239 e. The molecule has 1 N–H and O–H groups in total. The quantitative estimate of drug-likeness (QED) is 0.863. The molecule has 0 aliphatic rings. The van der Waals surface area contributed by atoms with Crippen LogP contribution >= 0.6 is 0 Å².